The quantitative estimate of drug-likeness (QED) is 0.185. The van der Waals surface area contributed by atoms with Crippen LogP contribution in [0, 0.1) is 12.3 Å². The number of aliphatic hydroxyl groups is 1. The van der Waals surface area contributed by atoms with Gasteiger partial charge in [0.15, 0.2) is 0 Å². The molecule has 1 aromatic heterocycles. The van der Waals surface area contributed by atoms with Crippen molar-refractivity contribution in [1.29, 1.82) is 0 Å². The summed E-state index contributed by atoms with van der Waals surface area (Å²) in [6, 6.07) is 10.9. The van der Waals surface area contributed by atoms with E-state index in [2.05, 4.69) is 26.1 Å². The second-order valence-corrected chi connectivity index (χ2v) is 8.03. The molecule has 0 unspecified atom stereocenters. The summed E-state index contributed by atoms with van der Waals surface area (Å²) in [5.74, 6) is 3.67. The largest absolute Gasteiger partial charge is 0.696 e. The molecule has 0 radical (unpaired) electrons. The van der Waals surface area contributed by atoms with Crippen LogP contribution >= 0.6 is 0 Å². The second-order valence-electron chi connectivity index (χ2n) is 8.03. The Morgan fingerprint density at radius 1 is 1.17 bits per heavy atom. The average molecular weight is 658 g/mol. The van der Waals surface area contributed by atoms with E-state index >= 15 is 0 Å². The summed E-state index contributed by atoms with van der Waals surface area (Å²) >= 11 is 0. The Labute approximate surface area is 227 Å². The molecule has 1 aliphatic rings. The Morgan fingerprint density at radius 3 is 2.69 bits per heavy atom. The van der Waals surface area contributed by atoms with Crippen molar-refractivity contribution in [2.75, 3.05) is 45.3 Å². The van der Waals surface area contributed by atoms with Crippen LogP contribution in [0.1, 0.15) is 24.8 Å². The van der Waals surface area contributed by atoms with Gasteiger partial charge in [0.25, 0.3) is 0 Å². The topological polar surface area (TPSA) is 104 Å². The minimum Gasteiger partial charge on any atom is -0.696 e. The molecule has 0 saturated carbocycles. The molecule has 0 aliphatic carbocycles. The smallest absolute Gasteiger partial charge is 0.141 e. The van der Waals surface area contributed by atoms with Gasteiger partial charge in [-0.3, -0.25) is 4.90 Å². The molecule has 0 spiro atoms. The van der Waals surface area contributed by atoms with Crippen molar-refractivity contribution in [1.82, 2.24) is 14.9 Å². The number of ether oxygens (including phenoxy) is 2. The summed E-state index contributed by atoms with van der Waals surface area (Å²) in [6.07, 6.45) is 13.9. The Hall–Kier alpha value is -3.11. The summed E-state index contributed by atoms with van der Waals surface area (Å²) in [5.41, 5.74) is 10.7. The van der Waals surface area contributed by atoms with Gasteiger partial charge in [0.2, 0.25) is 0 Å². The second kappa shape index (κ2) is 15.8. The van der Waals surface area contributed by atoms with Gasteiger partial charge >= 0.3 is 0 Å². The third kappa shape index (κ3) is 8.83. The molecule has 1 saturated heterocycles. The number of hydrogen-bond acceptors (Lipinski definition) is 7. The number of methoxy groups -OCH3 is 1. The van der Waals surface area contributed by atoms with E-state index in [0.717, 1.165) is 29.4 Å². The van der Waals surface area contributed by atoms with Crippen molar-refractivity contribution in [3.8, 4) is 18.1 Å². The molecule has 1 aliphatic heterocycles. The van der Waals surface area contributed by atoms with Crippen molar-refractivity contribution in [3.05, 3.63) is 66.4 Å². The summed E-state index contributed by atoms with van der Waals surface area (Å²) in [7, 11) is 1.60. The van der Waals surface area contributed by atoms with E-state index in [0.29, 0.717) is 30.3 Å². The first-order valence-corrected chi connectivity index (χ1v) is 11.6. The number of hydrogen-bond donors (Lipinski definition) is 2. The van der Waals surface area contributed by atoms with Crippen LogP contribution in [0.2, 0.25) is 0 Å². The van der Waals surface area contributed by atoms with Gasteiger partial charge in [-0.1, -0.05) is 30.2 Å². The zero-order valence-electron chi connectivity index (χ0n) is 20.4. The number of terminal acetylenes is 1. The third-order valence-electron chi connectivity index (χ3n) is 5.49. The van der Waals surface area contributed by atoms with Crippen LogP contribution < -0.4 is 10.1 Å². The van der Waals surface area contributed by atoms with E-state index in [4.69, 9.17) is 26.7 Å². The van der Waals surface area contributed by atoms with Gasteiger partial charge in [-0.15, -0.1) is 6.42 Å². The van der Waals surface area contributed by atoms with Gasteiger partial charge in [0, 0.05) is 57.4 Å². The van der Waals surface area contributed by atoms with Crippen LogP contribution in [0.4, 0.5) is 17.2 Å². The molecule has 8 nitrogen and oxygen atoms in total. The van der Waals surface area contributed by atoms with Crippen molar-refractivity contribution >= 4 is 28.1 Å². The number of fused-ring (bicyclic) bond motifs is 1. The number of piperidine rings is 1. The number of aromatic nitrogens is 2. The minimum absolute atomic E-state index is 0. The van der Waals surface area contributed by atoms with Crippen molar-refractivity contribution in [2.24, 2.45) is 0 Å². The monoisotopic (exact) mass is 658 g/mol. The van der Waals surface area contributed by atoms with Gasteiger partial charge in [0.1, 0.15) is 24.5 Å². The Morgan fingerprint density at radius 2 is 1.97 bits per heavy atom. The SMILES string of the molecule is C#Cc1cccc(Nc2ncnc3cc(OCCOC)c([NH-])cc23)c1.O/C=C/CN1CCCCC1.[W]. The van der Waals surface area contributed by atoms with Gasteiger partial charge in [-0.2, -0.15) is 0 Å². The normalized spacial score (nSPS) is 13.3. The van der Waals surface area contributed by atoms with Crippen LogP contribution in [0.15, 0.2) is 55.1 Å². The maximum Gasteiger partial charge on any atom is 0.141 e. The molecule has 2 aromatic carbocycles. The number of aliphatic hydroxyl groups excluding tert-OH is 1. The standard InChI is InChI=1S/C19H17N4O2.C8H15NO.W/c1-3-13-5-4-6-14(9-13)23-19-15-10-16(20)18(25-8-7-24-2)11-17(15)21-12-22-19;10-8-4-7-9-5-2-1-3-6-9;/h1,4-6,9-12,20H,7-8H2,2H3,(H,21,22,23);4,8,10H,1-3,5-7H2;/q-1;;/b;8-4+;. The fraction of sp³-hybridized carbons (Fsp3) is 0.333. The Kier molecular flexibility index (Phi) is 12.8. The molecule has 1 fully saturated rings. The fourth-order valence-electron chi connectivity index (χ4n) is 3.70. The van der Waals surface area contributed by atoms with Crippen LogP contribution in [0.5, 0.6) is 5.75 Å². The molecule has 3 aromatic rings. The molecular weight excluding hydrogens is 626 g/mol. The summed E-state index contributed by atoms with van der Waals surface area (Å²) in [6.45, 7) is 4.15. The van der Waals surface area contributed by atoms with E-state index in [-0.39, 0.29) is 26.8 Å². The predicted molar refractivity (Wildman–Crippen MR) is 141 cm³/mol. The van der Waals surface area contributed by atoms with E-state index in [1.54, 1.807) is 25.3 Å². The van der Waals surface area contributed by atoms with Gasteiger partial charge < -0.3 is 25.6 Å². The van der Waals surface area contributed by atoms with Crippen molar-refractivity contribution in [2.45, 2.75) is 19.3 Å². The van der Waals surface area contributed by atoms with Gasteiger partial charge in [-0.05, 0) is 50.2 Å². The summed E-state index contributed by atoms with van der Waals surface area (Å²) in [5, 5.41) is 12.4. The molecule has 0 atom stereocenters. The molecule has 190 valence electrons. The molecule has 2 heterocycles. The van der Waals surface area contributed by atoms with Gasteiger partial charge in [-0.25, -0.2) is 9.97 Å². The Bertz CT molecular complexity index is 1160. The molecular formula is C27H32N5O3W-. The van der Waals surface area contributed by atoms with Crippen LogP contribution in [-0.4, -0.2) is 59.9 Å². The van der Waals surface area contributed by atoms with E-state index in [1.807, 2.05) is 24.3 Å². The summed E-state index contributed by atoms with van der Waals surface area (Å²) < 4.78 is 10.5. The first kappa shape index (κ1) is 29.1. The number of rotatable bonds is 8. The average Bonchev–Trinajstić information content (AvgIpc) is 2.89. The number of anilines is 2. The third-order valence-corrected chi connectivity index (χ3v) is 5.49. The van der Waals surface area contributed by atoms with Gasteiger partial charge in [0.05, 0.1) is 18.4 Å². The van der Waals surface area contributed by atoms with Crippen LogP contribution in [-0.2, 0) is 25.8 Å². The fourth-order valence-corrected chi connectivity index (χ4v) is 3.70. The van der Waals surface area contributed by atoms with E-state index < -0.39 is 0 Å². The maximum absolute atomic E-state index is 8.39. The Balaban J connectivity index is 0.000000350. The minimum atomic E-state index is 0. The van der Waals surface area contributed by atoms with E-state index in [9.17, 15) is 0 Å². The zero-order valence-corrected chi connectivity index (χ0v) is 23.4. The molecule has 0 bridgehead atoms. The summed E-state index contributed by atoms with van der Waals surface area (Å²) in [4.78, 5) is 10.9. The van der Waals surface area contributed by atoms with E-state index in [1.165, 1.54) is 38.7 Å². The molecule has 4 rings (SSSR count). The number of likely N-dealkylation sites (tertiary alicyclic amines) is 1. The number of nitrogens with zero attached hydrogens (tertiary/aromatic N) is 3. The maximum atomic E-state index is 8.39. The zero-order chi connectivity index (χ0) is 24.9. The van der Waals surface area contributed by atoms with Crippen molar-refractivity contribution < 1.29 is 35.6 Å². The number of benzene rings is 2. The molecule has 9 heteroatoms. The predicted octanol–water partition coefficient (Wildman–Crippen LogP) is 5.61. The van der Waals surface area contributed by atoms with Crippen LogP contribution in [0.25, 0.3) is 16.6 Å². The number of nitrogens with one attached hydrogen (secondary N) is 2. The van der Waals surface area contributed by atoms with Crippen molar-refractivity contribution in [3.63, 3.8) is 0 Å². The first-order valence-electron chi connectivity index (χ1n) is 11.6. The molecule has 3 N–H and O–H groups in total. The molecule has 36 heavy (non-hydrogen) atoms. The first-order chi connectivity index (χ1) is 17.1. The molecule has 0 amide bonds. The van der Waals surface area contributed by atoms with Crippen LogP contribution in [0.3, 0.4) is 0 Å².